The van der Waals surface area contributed by atoms with E-state index in [9.17, 15) is 9.90 Å². The lowest BCUT2D eigenvalue weighted by atomic mass is 10.0. The molecule has 0 aliphatic rings. The third-order valence-electron chi connectivity index (χ3n) is 3.33. The zero-order valence-electron chi connectivity index (χ0n) is 10.8. The Hall–Kier alpha value is -3.26. The molecule has 0 bridgehead atoms. The van der Waals surface area contributed by atoms with Crippen molar-refractivity contribution in [2.45, 2.75) is 0 Å². The fourth-order valence-corrected chi connectivity index (χ4v) is 2.35. The summed E-state index contributed by atoms with van der Waals surface area (Å²) in [6.45, 7) is 0. The topological polar surface area (TPSA) is 85.7 Å². The van der Waals surface area contributed by atoms with E-state index in [4.69, 9.17) is 10.4 Å². The van der Waals surface area contributed by atoms with Gasteiger partial charge in [-0.2, -0.15) is 5.26 Å². The standard InChI is InChI=1S/C16H10N2O3/c17-9-11-8-13(14-3-1-2-6-18(11)14)10-4-5-12(16(20)21)15(19)7-10/h1-8,19H,(H,20,21). The van der Waals surface area contributed by atoms with Gasteiger partial charge in [-0.1, -0.05) is 12.1 Å². The van der Waals surface area contributed by atoms with Gasteiger partial charge in [-0.15, -0.1) is 0 Å². The van der Waals surface area contributed by atoms with Crippen molar-refractivity contribution in [1.82, 2.24) is 4.40 Å². The molecule has 21 heavy (non-hydrogen) atoms. The molecular weight excluding hydrogens is 268 g/mol. The number of nitriles is 1. The third-order valence-corrected chi connectivity index (χ3v) is 3.33. The first-order chi connectivity index (χ1) is 10.1. The van der Waals surface area contributed by atoms with Crippen molar-refractivity contribution < 1.29 is 15.0 Å². The van der Waals surface area contributed by atoms with E-state index in [1.807, 2.05) is 18.2 Å². The molecule has 0 atom stereocenters. The number of hydrogen-bond acceptors (Lipinski definition) is 3. The number of aromatic carboxylic acids is 1. The van der Waals surface area contributed by atoms with Gasteiger partial charge in [-0.05, 0) is 35.9 Å². The summed E-state index contributed by atoms with van der Waals surface area (Å²) in [5.41, 5.74) is 2.56. The highest BCUT2D eigenvalue weighted by Gasteiger charge is 2.14. The number of fused-ring (bicyclic) bond motifs is 1. The minimum absolute atomic E-state index is 0.150. The van der Waals surface area contributed by atoms with Gasteiger partial charge in [0.25, 0.3) is 0 Å². The summed E-state index contributed by atoms with van der Waals surface area (Å²) < 4.78 is 1.75. The zero-order chi connectivity index (χ0) is 15.0. The molecule has 0 radical (unpaired) electrons. The van der Waals surface area contributed by atoms with Gasteiger partial charge in [-0.25, -0.2) is 4.79 Å². The fourth-order valence-electron chi connectivity index (χ4n) is 2.35. The molecule has 0 aliphatic carbocycles. The number of carbonyl (C=O) groups is 1. The lowest BCUT2D eigenvalue weighted by Crippen LogP contribution is -1.96. The maximum Gasteiger partial charge on any atom is 0.339 e. The summed E-state index contributed by atoms with van der Waals surface area (Å²) in [5, 5.41) is 27.9. The van der Waals surface area contributed by atoms with Crippen molar-refractivity contribution in [1.29, 1.82) is 5.26 Å². The van der Waals surface area contributed by atoms with Crippen molar-refractivity contribution >= 4 is 11.5 Å². The number of pyridine rings is 1. The Bertz CT molecular complexity index is 904. The van der Waals surface area contributed by atoms with Gasteiger partial charge in [0.2, 0.25) is 0 Å². The van der Waals surface area contributed by atoms with Gasteiger partial charge in [0.05, 0.1) is 5.52 Å². The van der Waals surface area contributed by atoms with Crippen LogP contribution in [-0.4, -0.2) is 20.6 Å². The van der Waals surface area contributed by atoms with Gasteiger partial charge in [0, 0.05) is 11.8 Å². The van der Waals surface area contributed by atoms with Crippen LogP contribution in [-0.2, 0) is 0 Å². The van der Waals surface area contributed by atoms with Gasteiger partial charge in [0.1, 0.15) is 23.1 Å². The predicted molar refractivity (Wildman–Crippen MR) is 76.2 cm³/mol. The van der Waals surface area contributed by atoms with E-state index in [-0.39, 0.29) is 11.3 Å². The maximum atomic E-state index is 10.9. The molecule has 1 aromatic carbocycles. The van der Waals surface area contributed by atoms with Gasteiger partial charge < -0.3 is 14.6 Å². The Morgan fingerprint density at radius 1 is 1.19 bits per heavy atom. The molecule has 0 aliphatic heterocycles. The molecule has 0 saturated carbocycles. The van der Waals surface area contributed by atoms with E-state index in [2.05, 4.69) is 6.07 Å². The second-order valence-corrected chi connectivity index (χ2v) is 4.55. The number of nitrogens with zero attached hydrogens (tertiary/aromatic N) is 2. The van der Waals surface area contributed by atoms with E-state index < -0.39 is 5.97 Å². The first-order valence-electron chi connectivity index (χ1n) is 6.18. The molecule has 2 heterocycles. The lowest BCUT2D eigenvalue weighted by Gasteiger charge is -2.04. The molecular formula is C16H10N2O3. The highest BCUT2D eigenvalue weighted by atomic mass is 16.4. The highest BCUT2D eigenvalue weighted by Crippen LogP contribution is 2.31. The average molecular weight is 278 g/mol. The number of hydrogen-bond donors (Lipinski definition) is 2. The second kappa shape index (κ2) is 4.69. The molecule has 0 saturated heterocycles. The molecule has 0 fully saturated rings. The van der Waals surface area contributed by atoms with Crippen molar-refractivity contribution in [3.05, 3.63) is 59.9 Å². The van der Waals surface area contributed by atoms with E-state index in [0.717, 1.165) is 11.1 Å². The molecule has 2 aromatic heterocycles. The van der Waals surface area contributed by atoms with Gasteiger partial charge >= 0.3 is 5.97 Å². The van der Waals surface area contributed by atoms with Crippen molar-refractivity contribution in [3.8, 4) is 22.9 Å². The van der Waals surface area contributed by atoms with Crippen LogP contribution < -0.4 is 0 Å². The number of carboxylic acids is 1. The van der Waals surface area contributed by atoms with E-state index in [1.165, 1.54) is 12.1 Å². The monoisotopic (exact) mass is 278 g/mol. The van der Waals surface area contributed by atoms with E-state index in [1.54, 1.807) is 22.7 Å². The summed E-state index contributed by atoms with van der Waals surface area (Å²) in [6.07, 6.45) is 1.78. The number of phenols is 1. The first kappa shape index (κ1) is 12.8. The Morgan fingerprint density at radius 2 is 2.00 bits per heavy atom. The minimum atomic E-state index is -1.18. The summed E-state index contributed by atoms with van der Waals surface area (Å²) in [5.74, 6) is -1.48. The van der Waals surface area contributed by atoms with Crippen LogP contribution >= 0.6 is 0 Å². The summed E-state index contributed by atoms with van der Waals surface area (Å²) in [7, 11) is 0. The number of benzene rings is 1. The molecule has 3 rings (SSSR count). The zero-order valence-corrected chi connectivity index (χ0v) is 10.8. The van der Waals surface area contributed by atoms with Gasteiger partial charge in [0.15, 0.2) is 0 Å². The third kappa shape index (κ3) is 1.99. The number of carboxylic acid groups (broad SMARTS) is 1. The largest absolute Gasteiger partial charge is 0.507 e. The van der Waals surface area contributed by atoms with Crippen LogP contribution in [0.1, 0.15) is 16.1 Å². The van der Waals surface area contributed by atoms with Crippen molar-refractivity contribution in [2.24, 2.45) is 0 Å². The Balaban J connectivity index is 2.24. The molecule has 0 unspecified atom stereocenters. The summed E-state index contributed by atoms with van der Waals surface area (Å²) in [4.78, 5) is 10.9. The lowest BCUT2D eigenvalue weighted by molar-refractivity contribution is 0.0694. The van der Waals surface area contributed by atoms with Crippen LogP contribution in [0.25, 0.3) is 16.6 Å². The SMILES string of the molecule is N#Cc1cc(-c2ccc(C(=O)O)c(O)c2)c2ccccn12. The number of aromatic nitrogens is 1. The molecule has 5 nitrogen and oxygen atoms in total. The van der Waals surface area contributed by atoms with Crippen LogP contribution in [0.15, 0.2) is 48.7 Å². The smallest absolute Gasteiger partial charge is 0.339 e. The normalized spacial score (nSPS) is 10.4. The molecule has 5 heteroatoms. The maximum absolute atomic E-state index is 10.9. The molecule has 3 aromatic rings. The van der Waals surface area contributed by atoms with E-state index >= 15 is 0 Å². The van der Waals surface area contributed by atoms with Gasteiger partial charge in [-0.3, -0.25) is 0 Å². The average Bonchev–Trinajstić information content (AvgIpc) is 2.85. The van der Waals surface area contributed by atoms with Crippen LogP contribution in [0.5, 0.6) is 5.75 Å². The number of aromatic hydroxyl groups is 1. The van der Waals surface area contributed by atoms with Crippen molar-refractivity contribution in [2.75, 3.05) is 0 Å². The van der Waals surface area contributed by atoms with Crippen LogP contribution in [0.3, 0.4) is 0 Å². The fraction of sp³-hybridized carbons (Fsp3) is 0. The Labute approximate surface area is 119 Å². The molecule has 2 N–H and O–H groups in total. The second-order valence-electron chi connectivity index (χ2n) is 4.55. The van der Waals surface area contributed by atoms with Crippen LogP contribution in [0, 0.1) is 11.3 Å². The van der Waals surface area contributed by atoms with Crippen LogP contribution in [0.4, 0.5) is 0 Å². The quantitative estimate of drug-likeness (QED) is 0.754. The Morgan fingerprint density at radius 3 is 2.67 bits per heavy atom. The number of rotatable bonds is 2. The molecule has 102 valence electrons. The van der Waals surface area contributed by atoms with E-state index in [0.29, 0.717) is 11.3 Å². The molecule has 0 spiro atoms. The Kier molecular flexibility index (Phi) is 2.85. The molecule has 0 amide bonds. The first-order valence-corrected chi connectivity index (χ1v) is 6.18. The van der Waals surface area contributed by atoms with Crippen LogP contribution in [0.2, 0.25) is 0 Å². The van der Waals surface area contributed by atoms with Crippen molar-refractivity contribution in [3.63, 3.8) is 0 Å². The summed E-state index contributed by atoms with van der Waals surface area (Å²) >= 11 is 0. The summed E-state index contributed by atoms with van der Waals surface area (Å²) in [6, 6.07) is 13.7. The predicted octanol–water partition coefficient (Wildman–Crippen LogP) is 2.88. The minimum Gasteiger partial charge on any atom is -0.507 e. The highest BCUT2D eigenvalue weighted by molar-refractivity contribution is 5.93.